The second-order valence-electron chi connectivity index (χ2n) is 4.53. The van der Waals surface area contributed by atoms with Crippen LogP contribution in [0.15, 0.2) is 42.5 Å². The number of alkyl halides is 1. The number of carbonyl (C=O) groups is 1. The highest BCUT2D eigenvalue weighted by molar-refractivity contribution is 9.09. The van der Waals surface area contributed by atoms with E-state index < -0.39 is 0 Å². The Balaban J connectivity index is 2.01. The Morgan fingerprint density at radius 1 is 1.00 bits per heavy atom. The maximum absolute atomic E-state index is 12.2. The van der Waals surface area contributed by atoms with Crippen LogP contribution in [0.3, 0.4) is 0 Å². The first-order valence-corrected chi connectivity index (χ1v) is 7.77. The van der Waals surface area contributed by atoms with Crippen LogP contribution in [0.25, 0.3) is 10.8 Å². The predicted molar refractivity (Wildman–Crippen MR) is 83.9 cm³/mol. The lowest BCUT2D eigenvalue weighted by Gasteiger charge is -2.07. The van der Waals surface area contributed by atoms with Gasteiger partial charge in [0.1, 0.15) is 0 Å². The quantitative estimate of drug-likeness (QED) is 0.629. The number of hydrogen-bond acceptors (Lipinski definition) is 1. The zero-order valence-corrected chi connectivity index (χ0v) is 12.4. The summed E-state index contributed by atoms with van der Waals surface area (Å²) in [5.41, 5.74) is 0.763. The normalized spacial score (nSPS) is 10.6. The molecule has 0 aromatic heterocycles. The topological polar surface area (TPSA) is 29.1 Å². The van der Waals surface area contributed by atoms with Gasteiger partial charge in [0.15, 0.2) is 0 Å². The van der Waals surface area contributed by atoms with Crippen LogP contribution in [0.2, 0.25) is 0 Å². The van der Waals surface area contributed by atoms with Gasteiger partial charge >= 0.3 is 0 Å². The first-order valence-electron chi connectivity index (χ1n) is 6.65. The van der Waals surface area contributed by atoms with Crippen LogP contribution in [-0.4, -0.2) is 17.8 Å². The largest absolute Gasteiger partial charge is 0.352 e. The van der Waals surface area contributed by atoms with Crippen LogP contribution in [-0.2, 0) is 0 Å². The van der Waals surface area contributed by atoms with E-state index in [0.29, 0.717) is 0 Å². The summed E-state index contributed by atoms with van der Waals surface area (Å²) in [6, 6.07) is 13.8. The number of benzene rings is 2. The smallest absolute Gasteiger partial charge is 0.251 e. The number of fused-ring (bicyclic) bond motifs is 1. The van der Waals surface area contributed by atoms with Gasteiger partial charge in [-0.2, -0.15) is 0 Å². The van der Waals surface area contributed by atoms with Gasteiger partial charge in [-0.1, -0.05) is 58.7 Å². The average molecular weight is 320 g/mol. The number of hydrogen-bond donors (Lipinski definition) is 1. The molecule has 0 aliphatic rings. The van der Waals surface area contributed by atoms with Gasteiger partial charge in [0, 0.05) is 17.4 Å². The third-order valence-electron chi connectivity index (χ3n) is 3.13. The molecule has 0 aliphatic heterocycles. The van der Waals surface area contributed by atoms with Crippen molar-refractivity contribution >= 4 is 32.6 Å². The summed E-state index contributed by atoms with van der Waals surface area (Å²) in [5.74, 6) is 0.0237. The van der Waals surface area contributed by atoms with Crippen LogP contribution in [0, 0.1) is 0 Å². The summed E-state index contributed by atoms with van der Waals surface area (Å²) >= 11 is 3.41. The molecule has 0 fully saturated rings. The Hall–Kier alpha value is -1.35. The summed E-state index contributed by atoms with van der Waals surface area (Å²) in [5, 5.41) is 6.15. The van der Waals surface area contributed by atoms with Crippen molar-refractivity contribution in [2.45, 2.75) is 19.3 Å². The second-order valence-corrected chi connectivity index (χ2v) is 5.33. The van der Waals surface area contributed by atoms with E-state index in [1.165, 1.54) is 0 Å². The van der Waals surface area contributed by atoms with Crippen LogP contribution < -0.4 is 5.32 Å². The molecule has 100 valence electrons. The second kappa shape index (κ2) is 7.29. The number of unbranched alkanes of at least 4 members (excludes halogenated alkanes) is 2. The van der Waals surface area contributed by atoms with Gasteiger partial charge in [-0.25, -0.2) is 0 Å². The molecule has 2 aromatic carbocycles. The van der Waals surface area contributed by atoms with E-state index in [9.17, 15) is 4.79 Å². The third kappa shape index (κ3) is 3.80. The molecular formula is C16H18BrNO. The van der Waals surface area contributed by atoms with E-state index in [1.807, 2.05) is 42.5 Å². The van der Waals surface area contributed by atoms with Crippen molar-refractivity contribution in [3.8, 4) is 0 Å². The van der Waals surface area contributed by atoms with Gasteiger partial charge < -0.3 is 5.32 Å². The number of rotatable bonds is 6. The first kappa shape index (κ1) is 14.1. The molecule has 19 heavy (non-hydrogen) atoms. The van der Waals surface area contributed by atoms with E-state index in [0.717, 1.165) is 47.5 Å². The maximum atomic E-state index is 12.2. The Morgan fingerprint density at radius 2 is 1.79 bits per heavy atom. The third-order valence-corrected chi connectivity index (χ3v) is 3.69. The molecule has 2 aromatic rings. The number of carbonyl (C=O) groups excluding carboxylic acids is 1. The maximum Gasteiger partial charge on any atom is 0.251 e. The molecule has 2 rings (SSSR count). The van der Waals surface area contributed by atoms with Crippen molar-refractivity contribution in [3.63, 3.8) is 0 Å². The van der Waals surface area contributed by atoms with Crippen LogP contribution >= 0.6 is 15.9 Å². The van der Waals surface area contributed by atoms with Crippen LogP contribution in [0.5, 0.6) is 0 Å². The number of amides is 1. The highest BCUT2D eigenvalue weighted by atomic mass is 79.9. The fourth-order valence-electron chi connectivity index (χ4n) is 2.12. The van der Waals surface area contributed by atoms with Crippen molar-refractivity contribution in [2.24, 2.45) is 0 Å². The molecule has 0 spiro atoms. The highest BCUT2D eigenvalue weighted by Crippen LogP contribution is 2.18. The molecule has 1 N–H and O–H groups in total. The van der Waals surface area contributed by atoms with Gasteiger partial charge in [-0.3, -0.25) is 4.79 Å². The summed E-state index contributed by atoms with van der Waals surface area (Å²) in [7, 11) is 0. The van der Waals surface area contributed by atoms with E-state index >= 15 is 0 Å². The first-order chi connectivity index (χ1) is 9.33. The molecular weight excluding hydrogens is 302 g/mol. The summed E-state index contributed by atoms with van der Waals surface area (Å²) in [4.78, 5) is 12.2. The van der Waals surface area contributed by atoms with Gasteiger partial charge in [0.2, 0.25) is 0 Å². The van der Waals surface area contributed by atoms with Crippen LogP contribution in [0.4, 0.5) is 0 Å². The lowest BCUT2D eigenvalue weighted by molar-refractivity contribution is 0.0954. The minimum atomic E-state index is 0.0237. The van der Waals surface area contributed by atoms with Gasteiger partial charge in [-0.15, -0.1) is 0 Å². The standard InChI is InChI=1S/C16H18BrNO/c17-11-4-1-5-12-18-16(19)15-10-6-8-13-7-2-3-9-14(13)15/h2-3,6-10H,1,4-5,11-12H2,(H,18,19). The molecule has 0 saturated carbocycles. The molecule has 0 bridgehead atoms. The molecule has 0 atom stereocenters. The minimum Gasteiger partial charge on any atom is -0.352 e. The van der Waals surface area contributed by atoms with Crippen molar-refractivity contribution in [2.75, 3.05) is 11.9 Å². The van der Waals surface area contributed by atoms with Gasteiger partial charge in [0.05, 0.1) is 0 Å². The van der Waals surface area contributed by atoms with Crippen molar-refractivity contribution in [1.82, 2.24) is 5.32 Å². The highest BCUT2D eigenvalue weighted by Gasteiger charge is 2.08. The Bertz CT molecular complexity index is 548. The monoisotopic (exact) mass is 319 g/mol. The minimum absolute atomic E-state index is 0.0237. The molecule has 2 nitrogen and oxygen atoms in total. The molecule has 0 heterocycles. The molecule has 0 unspecified atom stereocenters. The van der Waals surface area contributed by atoms with Gasteiger partial charge in [-0.05, 0) is 29.7 Å². The molecule has 0 saturated heterocycles. The molecule has 1 amide bonds. The van der Waals surface area contributed by atoms with Gasteiger partial charge in [0.25, 0.3) is 5.91 Å². The molecule has 3 heteroatoms. The fraction of sp³-hybridized carbons (Fsp3) is 0.312. The predicted octanol–water partition coefficient (Wildman–Crippen LogP) is 4.13. The van der Waals surface area contributed by atoms with E-state index in [-0.39, 0.29) is 5.91 Å². The van der Waals surface area contributed by atoms with E-state index in [1.54, 1.807) is 0 Å². The lowest BCUT2D eigenvalue weighted by atomic mass is 10.0. The molecule has 0 aliphatic carbocycles. The SMILES string of the molecule is O=C(NCCCCCBr)c1cccc2ccccc12. The zero-order chi connectivity index (χ0) is 13.5. The molecule has 0 radical (unpaired) electrons. The number of nitrogens with one attached hydrogen (secondary N) is 1. The number of halogens is 1. The lowest BCUT2D eigenvalue weighted by Crippen LogP contribution is -2.24. The average Bonchev–Trinajstić information content (AvgIpc) is 2.46. The Kier molecular flexibility index (Phi) is 5.40. The summed E-state index contributed by atoms with van der Waals surface area (Å²) in [6.45, 7) is 0.745. The van der Waals surface area contributed by atoms with Crippen molar-refractivity contribution in [3.05, 3.63) is 48.0 Å². The van der Waals surface area contributed by atoms with E-state index in [4.69, 9.17) is 0 Å². The fourth-order valence-corrected chi connectivity index (χ4v) is 2.51. The van der Waals surface area contributed by atoms with Crippen molar-refractivity contribution in [1.29, 1.82) is 0 Å². The summed E-state index contributed by atoms with van der Waals surface area (Å²) in [6.07, 6.45) is 3.33. The van der Waals surface area contributed by atoms with E-state index in [2.05, 4.69) is 21.2 Å². The van der Waals surface area contributed by atoms with Crippen molar-refractivity contribution < 1.29 is 4.79 Å². The summed E-state index contributed by atoms with van der Waals surface area (Å²) < 4.78 is 0. The Morgan fingerprint density at radius 3 is 2.63 bits per heavy atom. The zero-order valence-electron chi connectivity index (χ0n) is 10.9. The Labute approximate surface area is 122 Å². The van der Waals surface area contributed by atoms with Crippen LogP contribution in [0.1, 0.15) is 29.6 Å².